The first-order chi connectivity index (χ1) is 14.5. The molecule has 0 saturated heterocycles. The van der Waals surface area contributed by atoms with Crippen LogP contribution in [0.5, 0.6) is 0 Å². The van der Waals surface area contributed by atoms with Crippen molar-refractivity contribution >= 4 is 34.8 Å². The lowest BCUT2D eigenvalue weighted by atomic mass is 10.0. The summed E-state index contributed by atoms with van der Waals surface area (Å²) in [5.41, 5.74) is 8.64. The van der Waals surface area contributed by atoms with Crippen LogP contribution in [0.4, 0.5) is 11.4 Å². The standard InChI is InChI=1S/C24H24ClN3O2/c1-2-22(29)28(21-13-7-11-19(25)15-21)23(18-10-6-12-20(26)14-18)24(30)27-16-17-8-4-3-5-9-17/h3-15,23H,2,16,26H2,1H3,(H,27,30). The van der Waals surface area contributed by atoms with Gasteiger partial charge < -0.3 is 11.1 Å². The summed E-state index contributed by atoms with van der Waals surface area (Å²) in [7, 11) is 0. The molecule has 2 amide bonds. The van der Waals surface area contributed by atoms with Crippen molar-refractivity contribution in [2.45, 2.75) is 25.9 Å². The van der Waals surface area contributed by atoms with E-state index in [0.717, 1.165) is 5.56 Å². The van der Waals surface area contributed by atoms with Crippen molar-refractivity contribution < 1.29 is 9.59 Å². The van der Waals surface area contributed by atoms with Gasteiger partial charge in [0.05, 0.1) is 0 Å². The summed E-state index contributed by atoms with van der Waals surface area (Å²) >= 11 is 6.17. The Morgan fingerprint density at radius 2 is 1.73 bits per heavy atom. The van der Waals surface area contributed by atoms with Gasteiger partial charge in [0.2, 0.25) is 11.8 Å². The molecule has 3 N–H and O–H groups in total. The summed E-state index contributed by atoms with van der Waals surface area (Å²) < 4.78 is 0. The van der Waals surface area contributed by atoms with Gasteiger partial charge in [0.15, 0.2) is 0 Å². The number of hydrogen-bond acceptors (Lipinski definition) is 3. The van der Waals surface area contributed by atoms with Crippen LogP contribution >= 0.6 is 11.6 Å². The average Bonchev–Trinajstić information content (AvgIpc) is 2.76. The molecule has 0 bridgehead atoms. The number of nitrogens with zero attached hydrogens (tertiary/aromatic N) is 1. The van der Waals surface area contributed by atoms with Gasteiger partial charge in [-0.3, -0.25) is 14.5 Å². The molecule has 3 aromatic rings. The molecule has 0 aliphatic carbocycles. The molecule has 0 saturated carbocycles. The molecular weight excluding hydrogens is 398 g/mol. The third-order valence-corrected chi connectivity index (χ3v) is 4.94. The predicted octanol–water partition coefficient (Wildman–Crippen LogP) is 4.72. The monoisotopic (exact) mass is 421 g/mol. The van der Waals surface area contributed by atoms with E-state index in [1.807, 2.05) is 30.3 Å². The summed E-state index contributed by atoms with van der Waals surface area (Å²) in [6.45, 7) is 2.11. The van der Waals surface area contributed by atoms with Crippen LogP contribution in [-0.4, -0.2) is 11.8 Å². The fourth-order valence-corrected chi connectivity index (χ4v) is 3.45. The highest BCUT2D eigenvalue weighted by atomic mass is 35.5. The number of anilines is 2. The van der Waals surface area contributed by atoms with Gasteiger partial charge >= 0.3 is 0 Å². The number of benzene rings is 3. The first-order valence-corrected chi connectivity index (χ1v) is 10.1. The van der Waals surface area contributed by atoms with E-state index in [2.05, 4.69) is 5.32 Å². The third kappa shape index (κ3) is 5.19. The quantitative estimate of drug-likeness (QED) is 0.542. The maximum absolute atomic E-state index is 13.4. The van der Waals surface area contributed by atoms with E-state index in [-0.39, 0.29) is 18.2 Å². The van der Waals surface area contributed by atoms with Gasteiger partial charge in [-0.15, -0.1) is 0 Å². The molecule has 5 nitrogen and oxygen atoms in total. The van der Waals surface area contributed by atoms with Gasteiger partial charge in [-0.05, 0) is 41.5 Å². The van der Waals surface area contributed by atoms with Gasteiger partial charge in [0.1, 0.15) is 6.04 Å². The van der Waals surface area contributed by atoms with E-state index in [1.165, 1.54) is 4.90 Å². The minimum atomic E-state index is -0.886. The highest BCUT2D eigenvalue weighted by Crippen LogP contribution is 2.31. The van der Waals surface area contributed by atoms with Crippen molar-refractivity contribution in [3.63, 3.8) is 0 Å². The number of carbonyl (C=O) groups is 2. The summed E-state index contributed by atoms with van der Waals surface area (Å²) in [5, 5.41) is 3.44. The third-order valence-electron chi connectivity index (χ3n) is 4.70. The molecule has 0 spiro atoms. The van der Waals surface area contributed by atoms with Crippen molar-refractivity contribution in [1.82, 2.24) is 5.32 Å². The van der Waals surface area contributed by atoms with E-state index in [1.54, 1.807) is 55.5 Å². The van der Waals surface area contributed by atoms with E-state index in [4.69, 9.17) is 17.3 Å². The number of nitrogen functional groups attached to an aromatic ring is 1. The molecule has 30 heavy (non-hydrogen) atoms. The molecule has 0 aliphatic heterocycles. The molecule has 0 fully saturated rings. The van der Waals surface area contributed by atoms with Crippen molar-refractivity contribution in [3.05, 3.63) is 95.0 Å². The number of nitrogens with two attached hydrogens (primary N) is 1. The lowest BCUT2D eigenvalue weighted by molar-refractivity contribution is -0.126. The first kappa shape index (κ1) is 21.4. The Balaban J connectivity index is 2.02. The lowest BCUT2D eigenvalue weighted by Gasteiger charge is -2.31. The number of rotatable bonds is 7. The minimum absolute atomic E-state index is 0.195. The Hall–Kier alpha value is -3.31. The van der Waals surface area contributed by atoms with E-state index in [0.29, 0.717) is 28.5 Å². The largest absolute Gasteiger partial charge is 0.399 e. The molecule has 0 aromatic heterocycles. The molecule has 6 heteroatoms. The van der Waals surface area contributed by atoms with Crippen LogP contribution in [0.1, 0.15) is 30.5 Å². The lowest BCUT2D eigenvalue weighted by Crippen LogP contribution is -2.43. The summed E-state index contributed by atoms with van der Waals surface area (Å²) in [4.78, 5) is 27.8. The van der Waals surface area contributed by atoms with Crippen LogP contribution in [0.15, 0.2) is 78.9 Å². The maximum atomic E-state index is 13.4. The maximum Gasteiger partial charge on any atom is 0.248 e. The van der Waals surface area contributed by atoms with Crippen LogP contribution in [0, 0.1) is 0 Å². The molecule has 3 rings (SSSR count). The second-order valence-corrected chi connectivity index (χ2v) is 7.31. The molecule has 3 aromatic carbocycles. The summed E-state index contributed by atoms with van der Waals surface area (Å²) in [6.07, 6.45) is 0.233. The molecule has 0 aliphatic rings. The molecule has 154 valence electrons. The van der Waals surface area contributed by atoms with Crippen molar-refractivity contribution in [2.24, 2.45) is 0 Å². The zero-order valence-electron chi connectivity index (χ0n) is 16.7. The Bertz CT molecular complexity index is 1020. The fourth-order valence-electron chi connectivity index (χ4n) is 3.26. The van der Waals surface area contributed by atoms with Gasteiger partial charge in [-0.1, -0.05) is 67.1 Å². The Morgan fingerprint density at radius 3 is 2.40 bits per heavy atom. The Labute approximate surface area is 181 Å². The highest BCUT2D eigenvalue weighted by molar-refractivity contribution is 6.31. The molecular formula is C24H24ClN3O2. The predicted molar refractivity (Wildman–Crippen MR) is 121 cm³/mol. The summed E-state index contributed by atoms with van der Waals surface area (Å²) in [6, 6.07) is 22.7. The van der Waals surface area contributed by atoms with Crippen LogP contribution in [-0.2, 0) is 16.1 Å². The number of nitrogens with one attached hydrogen (secondary N) is 1. The van der Waals surface area contributed by atoms with E-state index >= 15 is 0 Å². The normalized spacial score (nSPS) is 11.5. The number of amides is 2. The van der Waals surface area contributed by atoms with Gasteiger partial charge in [0, 0.05) is 29.4 Å². The zero-order valence-corrected chi connectivity index (χ0v) is 17.5. The average molecular weight is 422 g/mol. The minimum Gasteiger partial charge on any atom is -0.399 e. The Morgan fingerprint density at radius 1 is 1.00 bits per heavy atom. The smallest absolute Gasteiger partial charge is 0.248 e. The SMILES string of the molecule is CCC(=O)N(c1cccc(Cl)c1)C(C(=O)NCc1ccccc1)c1cccc(N)c1. The zero-order chi connectivity index (χ0) is 21.5. The van der Waals surface area contributed by atoms with Gasteiger partial charge in [0.25, 0.3) is 0 Å². The molecule has 0 heterocycles. The van der Waals surface area contributed by atoms with Gasteiger partial charge in [-0.25, -0.2) is 0 Å². The van der Waals surface area contributed by atoms with E-state index < -0.39 is 6.04 Å². The van der Waals surface area contributed by atoms with Crippen molar-refractivity contribution in [1.29, 1.82) is 0 Å². The first-order valence-electron chi connectivity index (χ1n) is 9.74. The second-order valence-electron chi connectivity index (χ2n) is 6.87. The van der Waals surface area contributed by atoms with Crippen LogP contribution < -0.4 is 16.0 Å². The fraction of sp³-hybridized carbons (Fsp3) is 0.167. The highest BCUT2D eigenvalue weighted by Gasteiger charge is 2.32. The number of hydrogen-bond donors (Lipinski definition) is 2. The van der Waals surface area contributed by atoms with Crippen molar-refractivity contribution in [3.8, 4) is 0 Å². The topological polar surface area (TPSA) is 75.4 Å². The number of carbonyl (C=O) groups excluding carboxylic acids is 2. The van der Waals surface area contributed by atoms with Gasteiger partial charge in [-0.2, -0.15) is 0 Å². The molecule has 0 radical (unpaired) electrons. The van der Waals surface area contributed by atoms with E-state index in [9.17, 15) is 9.59 Å². The van der Waals surface area contributed by atoms with Crippen molar-refractivity contribution in [2.75, 3.05) is 10.6 Å². The molecule has 1 atom stereocenters. The summed E-state index contributed by atoms with van der Waals surface area (Å²) in [5.74, 6) is -0.495. The second kappa shape index (κ2) is 9.94. The van der Waals surface area contributed by atoms with Crippen LogP contribution in [0.2, 0.25) is 5.02 Å². The molecule has 1 unspecified atom stereocenters. The van der Waals surface area contributed by atoms with Crippen LogP contribution in [0.25, 0.3) is 0 Å². The van der Waals surface area contributed by atoms with Crippen LogP contribution in [0.3, 0.4) is 0 Å². The number of halogens is 1. The Kier molecular flexibility index (Phi) is 7.09.